The van der Waals surface area contributed by atoms with Crippen molar-refractivity contribution in [2.24, 2.45) is 0 Å². The quantitative estimate of drug-likeness (QED) is 0.584. The highest BCUT2D eigenvalue weighted by molar-refractivity contribution is 6.10. The van der Waals surface area contributed by atoms with Crippen molar-refractivity contribution in [3.63, 3.8) is 0 Å². The van der Waals surface area contributed by atoms with Crippen molar-refractivity contribution in [3.05, 3.63) is 59.2 Å². The average Bonchev–Trinajstić information content (AvgIpc) is 3.29. The van der Waals surface area contributed by atoms with Crippen molar-refractivity contribution >= 4 is 29.1 Å². The van der Waals surface area contributed by atoms with E-state index in [4.69, 9.17) is 0 Å². The lowest BCUT2D eigenvalue weighted by Crippen LogP contribution is -2.46. The van der Waals surface area contributed by atoms with Crippen molar-refractivity contribution in [2.75, 3.05) is 29.9 Å². The molecule has 10 heteroatoms. The smallest absolute Gasteiger partial charge is 0.349 e. The highest BCUT2D eigenvalue weighted by Gasteiger charge is 2.33. The van der Waals surface area contributed by atoms with Gasteiger partial charge in [0.1, 0.15) is 0 Å². The molecule has 2 saturated heterocycles. The number of carbonyl (C=O) groups excluding carboxylic acids is 3. The van der Waals surface area contributed by atoms with Gasteiger partial charge >= 0.3 is 6.18 Å². The number of carbonyl (C=O) groups is 3. The molecule has 198 valence electrons. The Morgan fingerprint density at radius 2 is 1.73 bits per heavy atom. The highest BCUT2D eigenvalue weighted by atomic mass is 19.4. The maximum Gasteiger partial charge on any atom is 0.416 e. The first-order valence-corrected chi connectivity index (χ1v) is 12.5. The van der Waals surface area contributed by atoms with Gasteiger partial charge in [-0.2, -0.15) is 13.2 Å². The summed E-state index contributed by atoms with van der Waals surface area (Å²) < 4.78 is 40.3. The van der Waals surface area contributed by atoms with E-state index in [1.165, 1.54) is 0 Å². The number of likely N-dealkylation sites (tertiary alicyclic amines) is 1. The van der Waals surface area contributed by atoms with Crippen LogP contribution in [0.5, 0.6) is 0 Å². The molecule has 2 aliphatic rings. The number of nitrogens with one attached hydrogen (secondary N) is 2. The van der Waals surface area contributed by atoms with Crippen LogP contribution in [0.3, 0.4) is 0 Å². The molecule has 0 unspecified atom stereocenters. The van der Waals surface area contributed by atoms with Crippen molar-refractivity contribution < 1.29 is 27.6 Å². The molecule has 0 aromatic heterocycles. The van der Waals surface area contributed by atoms with Crippen LogP contribution < -0.4 is 15.5 Å². The van der Waals surface area contributed by atoms with Gasteiger partial charge in [0.2, 0.25) is 5.91 Å². The van der Waals surface area contributed by atoms with Gasteiger partial charge in [-0.3, -0.25) is 14.4 Å². The summed E-state index contributed by atoms with van der Waals surface area (Å²) in [6.45, 7) is 6.31. The number of benzene rings is 2. The van der Waals surface area contributed by atoms with Gasteiger partial charge < -0.3 is 20.4 Å². The summed E-state index contributed by atoms with van der Waals surface area (Å²) in [7, 11) is 0. The number of hydrogen-bond acceptors (Lipinski definition) is 4. The topological polar surface area (TPSA) is 81.8 Å². The second-order valence-corrected chi connectivity index (χ2v) is 9.79. The Labute approximate surface area is 214 Å². The first-order chi connectivity index (χ1) is 17.5. The fourth-order valence-electron chi connectivity index (χ4n) is 4.77. The minimum absolute atomic E-state index is 0.0160. The van der Waals surface area contributed by atoms with Gasteiger partial charge in [0.15, 0.2) is 0 Å². The van der Waals surface area contributed by atoms with Gasteiger partial charge in [-0.15, -0.1) is 0 Å². The van der Waals surface area contributed by atoms with Crippen LogP contribution in [0.1, 0.15) is 65.8 Å². The first-order valence-electron chi connectivity index (χ1n) is 12.5. The minimum Gasteiger partial charge on any atom is -0.349 e. The summed E-state index contributed by atoms with van der Waals surface area (Å²) in [6.07, 6.45) is -2.09. The number of halogens is 3. The van der Waals surface area contributed by atoms with E-state index in [1.807, 2.05) is 0 Å². The summed E-state index contributed by atoms with van der Waals surface area (Å²) in [6, 6.07) is 9.39. The first kappa shape index (κ1) is 26.7. The zero-order valence-electron chi connectivity index (χ0n) is 20.9. The van der Waals surface area contributed by atoms with Crippen LogP contribution in [0.4, 0.5) is 24.5 Å². The third-order valence-corrected chi connectivity index (χ3v) is 6.93. The lowest BCUT2D eigenvalue weighted by Gasteiger charge is -2.35. The predicted molar refractivity (Wildman–Crippen MR) is 135 cm³/mol. The molecular formula is C27H31F3N4O3. The Hall–Kier alpha value is -3.40. The fraction of sp³-hybridized carbons (Fsp3) is 0.444. The number of nitrogens with zero attached hydrogens (tertiary/aromatic N) is 2. The van der Waals surface area contributed by atoms with Crippen LogP contribution in [-0.4, -0.2) is 54.3 Å². The monoisotopic (exact) mass is 516 g/mol. The summed E-state index contributed by atoms with van der Waals surface area (Å²) >= 11 is 0. The maximum atomic E-state index is 13.4. The number of anilines is 2. The molecule has 0 atom stereocenters. The molecule has 0 saturated carbocycles. The molecule has 7 nitrogen and oxygen atoms in total. The molecule has 2 N–H and O–H groups in total. The number of hydrogen-bond donors (Lipinski definition) is 2. The zero-order valence-corrected chi connectivity index (χ0v) is 20.9. The Bertz CT molecular complexity index is 1170. The van der Waals surface area contributed by atoms with Gasteiger partial charge in [-0.25, -0.2) is 0 Å². The zero-order chi connectivity index (χ0) is 26.7. The number of alkyl halides is 3. The number of amides is 3. The van der Waals surface area contributed by atoms with Gasteiger partial charge in [0.05, 0.1) is 16.8 Å². The van der Waals surface area contributed by atoms with Crippen LogP contribution in [0.25, 0.3) is 0 Å². The summed E-state index contributed by atoms with van der Waals surface area (Å²) in [5.74, 6) is -1.29. The van der Waals surface area contributed by atoms with Crippen molar-refractivity contribution in [3.8, 4) is 0 Å². The van der Waals surface area contributed by atoms with Crippen molar-refractivity contribution in [1.29, 1.82) is 0 Å². The maximum absolute atomic E-state index is 13.4. The molecule has 2 fully saturated rings. The van der Waals surface area contributed by atoms with Crippen LogP contribution >= 0.6 is 0 Å². The van der Waals surface area contributed by atoms with Crippen LogP contribution in [0.2, 0.25) is 0 Å². The largest absolute Gasteiger partial charge is 0.416 e. The van der Waals surface area contributed by atoms with Crippen LogP contribution in [-0.2, 0) is 11.0 Å². The second kappa shape index (κ2) is 10.9. The molecule has 0 bridgehead atoms. The van der Waals surface area contributed by atoms with Crippen LogP contribution in [0.15, 0.2) is 42.5 Å². The third-order valence-electron chi connectivity index (χ3n) is 6.93. The Morgan fingerprint density at radius 3 is 2.35 bits per heavy atom. The van der Waals surface area contributed by atoms with E-state index in [0.717, 1.165) is 37.7 Å². The molecule has 0 radical (unpaired) electrons. The van der Waals surface area contributed by atoms with E-state index < -0.39 is 23.6 Å². The molecule has 37 heavy (non-hydrogen) atoms. The lowest BCUT2D eigenvalue weighted by atomic mass is 10.0. The van der Waals surface area contributed by atoms with E-state index in [9.17, 15) is 27.6 Å². The molecule has 2 aromatic rings. The van der Waals surface area contributed by atoms with Crippen molar-refractivity contribution in [1.82, 2.24) is 10.2 Å². The van der Waals surface area contributed by atoms with Gasteiger partial charge in [0.25, 0.3) is 11.8 Å². The van der Waals surface area contributed by atoms with E-state index >= 15 is 0 Å². The predicted octanol–water partition coefficient (Wildman–Crippen LogP) is 4.69. The van der Waals surface area contributed by atoms with Crippen LogP contribution in [0, 0.1) is 0 Å². The number of rotatable bonds is 6. The summed E-state index contributed by atoms with van der Waals surface area (Å²) in [5.41, 5.74) is -0.435. The minimum atomic E-state index is -4.64. The fourth-order valence-corrected chi connectivity index (χ4v) is 4.77. The van der Waals surface area contributed by atoms with E-state index in [-0.39, 0.29) is 28.8 Å². The molecular weight excluding hydrogens is 485 g/mol. The molecule has 4 rings (SSSR count). The highest BCUT2D eigenvalue weighted by Crippen LogP contribution is 2.32. The molecule has 3 amide bonds. The van der Waals surface area contributed by atoms with E-state index in [2.05, 4.69) is 29.4 Å². The van der Waals surface area contributed by atoms with Gasteiger partial charge in [-0.05, 0) is 69.5 Å². The van der Waals surface area contributed by atoms with Gasteiger partial charge in [0, 0.05) is 49.4 Å². The summed E-state index contributed by atoms with van der Waals surface area (Å²) in [4.78, 5) is 42.1. The lowest BCUT2D eigenvalue weighted by molar-refractivity contribution is -0.137. The Morgan fingerprint density at radius 1 is 1.00 bits per heavy atom. The Balaban J connectivity index is 1.54. The standard InChI is InChI=1S/C27H31F3N4O3/c1-17(2)33-13-10-20(11-14-33)31-26(37)22-16-19(27(28,29)30)8-9-23(22)32-25(36)18-5-3-6-21(15-18)34-12-4-7-24(34)35/h3,5-6,8-9,15-17,20H,4,7,10-14H2,1-2H3,(H,31,37)(H,32,36). The molecule has 2 aromatic carbocycles. The normalized spacial score (nSPS) is 17.4. The average molecular weight is 517 g/mol. The molecule has 2 heterocycles. The molecule has 0 aliphatic carbocycles. The Kier molecular flexibility index (Phi) is 7.87. The van der Waals surface area contributed by atoms with Crippen molar-refractivity contribution in [2.45, 2.75) is 57.8 Å². The SMILES string of the molecule is CC(C)N1CCC(NC(=O)c2cc(C(F)(F)F)ccc2NC(=O)c2cccc(N3CCCC3=O)c2)CC1. The molecule has 2 aliphatic heterocycles. The summed E-state index contributed by atoms with van der Waals surface area (Å²) in [5, 5.41) is 5.45. The second-order valence-electron chi connectivity index (χ2n) is 9.79. The number of piperidine rings is 1. The third kappa shape index (κ3) is 6.30. The van der Waals surface area contributed by atoms with E-state index in [1.54, 1.807) is 29.2 Å². The molecule has 0 spiro atoms. The van der Waals surface area contributed by atoms with Gasteiger partial charge in [-0.1, -0.05) is 6.07 Å². The van der Waals surface area contributed by atoms with E-state index in [0.29, 0.717) is 37.5 Å².